The van der Waals surface area contributed by atoms with Crippen LogP contribution in [0.1, 0.15) is 41.7 Å². The van der Waals surface area contributed by atoms with Gasteiger partial charge in [-0.3, -0.25) is 4.79 Å². The van der Waals surface area contributed by atoms with Gasteiger partial charge in [0.05, 0.1) is 18.4 Å². The molecule has 1 aromatic heterocycles. The fourth-order valence-corrected chi connectivity index (χ4v) is 2.62. The van der Waals surface area contributed by atoms with Crippen LogP contribution < -0.4 is 4.74 Å². The van der Waals surface area contributed by atoms with Gasteiger partial charge in [-0.25, -0.2) is 0 Å². The van der Waals surface area contributed by atoms with Crippen molar-refractivity contribution in [1.82, 2.24) is 9.59 Å². The largest absolute Gasteiger partial charge is 0.496 e. The van der Waals surface area contributed by atoms with Gasteiger partial charge in [0.2, 0.25) is 5.78 Å². The van der Waals surface area contributed by atoms with Crippen LogP contribution in [-0.4, -0.2) is 22.5 Å². The average Bonchev–Trinajstić information content (AvgIpc) is 2.87. The molecule has 0 N–H and O–H groups in total. The fourth-order valence-electron chi connectivity index (χ4n) is 1.78. The third-order valence-electron chi connectivity index (χ3n) is 2.76. The van der Waals surface area contributed by atoms with Crippen molar-refractivity contribution in [3.63, 3.8) is 0 Å². The summed E-state index contributed by atoms with van der Waals surface area (Å²) in [6, 6.07) is 7.19. The van der Waals surface area contributed by atoms with Crippen molar-refractivity contribution in [1.29, 1.82) is 0 Å². The lowest BCUT2D eigenvalue weighted by Crippen LogP contribution is -2.17. The van der Waals surface area contributed by atoms with Crippen LogP contribution in [-0.2, 0) is 5.41 Å². The highest BCUT2D eigenvalue weighted by Gasteiger charge is 2.28. The highest BCUT2D eigenvalue weighted by molar-refractivity contribution is 7.08. The first kappa shape index (κ1) is 13.7. The summed E-state index contributed by atoms with van der Waals surface area (Å²) in [6.45, 7) is 6.05. The predicted molar refractivity (Wildman–Crippen MR) is 75.0 cm³/mol. The topological polar surface area (TPSA) is 52.1 Å². The highest BCUT2D eigenvalue weighted by Crippen LogP contribution is 2.29. The molecule has 1 heterocycles. The summed E-state index contributed by atoms with van der Waals surface area (Å²) in [4.78, 5) is 13.2. The first-order valence-corrected chi connectivity index (χ1v) is 6.73. The van der Waals surface area contributed by atoms with E-state index in [0.717, 1.165) is 17.2 Å². The standard InChI is InChI=1S/C14H16N2O2S/c1-14(2,3)13-12(19-16-15-13)11(17)9-7-5-6-8-10(9)18-4/h5-8H,1-4H3. The number of ketones is 1. The molecule has 0 fully saturated rings. The molecule has 1 aromatic carbocycles. The van der Waals surface area contributed by atoms with Crippen LogP contribution in [0.15, 0.2) is 24.3 Å². The molecular weight excluding hydrogens is 260 g/mol. The van der Waals surface area contributed by atoms with Crippen molar-refractivity contribution < 1.29 is 9.53 Å². The number of carbonyl (C=O) groups excluding carboxylic acids is 1. The van der Waals surface area contributed by atoms with E-state index in [1.54, 1.807) is 19.2 Å². The lowest BCUT2D eigenvalue weighted by molar-refractivity contribution is 0.103. The summed E-state index contributed by atoms with van der Waals surface area (Å²) in [5, 5.41) is 4.10. The van der Waals surface area contributed by atoms with E-state index in [9.17, 15) is 4.79 Å². The maximum absolute atomic E-state index is 12.6. The lowest BCUT2D eigenvalue weighted by atomic mass is 9.90. The van der Waals surface area contributed by atoms with Crippen LogP contribution >= 0.6 is 11.5 Å². The first-order valence-electron chi connectivity index (χ1n) is 5.95. The summed E-state index contributed by atoms with van der Waals surface area (Å²) < 4.78 is 9.15. The van der Waals surface area contributed by atoms with Crippen molar-refractivity contribution in [3.05, 3.63) is 40.4 Å². The second-order valence-electron chi connectivity index (χ2n) is 5.23. The van der Waals surface area contributed by atoms with Gasteiger partial charge >= 0.3 is 0 Å². The Balaban J connectivity index is 2.49. The Morgan fingerprint density at radius 3 is 2.58 bits per heavy atom. The zero-order valence-corrected chi connectivity index (χ0v) is 12.2. The number of ether oxygens (including phenoxy) is 1. The van der Waals surface area contributed by atoms with Gasteiger partial charge in [0.15, 0.2) is 0 Å². The molecule has 0 radical (unpaired) electrons. The Bertz CT molecular complexity index is 599. The molecule has 2 rings (SSSR count). The van der Waals surface area contributed by atoms with Crippen LogP contribution in [0.25, 0.3) is 0 Å². The Kier molecular flexibility index (Phi) is 3.66. The number of methoxy groups -OCH3 is 1. The molecule has 0 aliphatic carbocycles. The minimum absolute atomic E-state index is 0.0858. The van der Waals surface area contributed by atoms with Crippen LogP contribution in [0.4, 0.5) is 0 Å². The van der Waals surface area contributed by atoms with Gasteiger partial charge in [0.25, 0.3) is 0 Å². The van der Waals surface area contributed by atoms with Gasteiger partial charge in [-0.2, -0.15) is 0 Å². The maximum Gasteiger partial charge on any atom is 0.210 e. The summed E-state index contributed by atoms with van der Waals surface area (Å²) in [5.41, 5.74) is 1.06. The molecule has 19 heavy (non-hydrogen) atoms. The van der Waals surface area contributed by atoms with E-state index in [-0.39, 0.29) is 11.2 Å². The molecule has 0 unspecified atom stereocenters. The number of rotatable bonds is 3. The average molecular weight is 276 g/mol. The molecule has 0 aliphatic heterocycles. The van der Waals surface area contributed by atoms with E-state index in [2.05, 4.69) is 9.59 Å². The number of aromatic nitrogens is 2. The van der Waals surface area contributed by atoms with Crippen molar-refractivity contribution in [2.45, 2.75) is 26.2 Å². The van der Waals surface area contributed by atoms with Gasteiger partial charge in [-0.1, -0.05) is 37.4 Å². The van der Waals surface area contributed by atoms with E-state index >= 15 is 0 Å². The third-order valence-corrected chi connectivity index (χ3v) is 3.48. The molecule has 2 aromatic rings. The summed E-state index contributed by atoms with van der Waals surface area (Å²) in [5.74, 6) is 0.484. The molecule has 0 aliphatic rings. The van der Waals surface area contributed by atoms with Crippen LogP contribution in [0.5, 0.6) is 5.75 Å². The SMILES string of the molecule is COc1ccccc1C(=O)c1snnc1C(C)(C)C. The molecule has 0 bridgehead atoms. The Morgan fingerprint density at radius 2 is 1.95 bits per heavy atom. The minimum Gasteiger partial charge on any atom is -0.496 e. The van der Waals surface area contributed by atoms with E-state index in [1.807, 2.05) is 32.9 Å². The van der Waals surface area contributed by atoms with Crippen LogP contribution in [0.3, 0.4) is 0 Å². The molecule has 0 saturated carbocycles. The normalized spacial score (nSPS) is 11.4. The quantitative estimate of drug-likeness (QED) is 0.808. The lowest BCUT2D eigenvalue weighted by Gasteiger charge is -2.16. The third kappa shape index (κ3) is 2.66. The maximum atomic E-state index is 12.6. The summed E-state index contributed by atoms with van der Waals surface area (Å²) in [6.07, 6.45) is 0. The van der Waals surface area contributed by atoms with Crippen LogP contribution in [0, 0.1) is 0 Å². The predicted octanol–water partition coefficient (Wildman–Crippen LogP) is 3.08. The van der Waals surface area contributed by atoms with Crippen molar-refractivity contribution >= 4 is 17.3 Å². The Labute approximate surface area is 116 Å². The molecule has 0 spiro atoms. The van der Waals surface area contributed by atoms with Gasteiger partial charge in [0, 0.05) is 5.41 Å². The molecule has 4 nitrogen and oxygen atoms in total. The van der Waals surface area contributed by atoms with Crippen molar-refractivity contribution in [2.75, 3.05) is 7.11 Å². The first-order chi connectivity index (χ1) is 8.95. The number of nitrogens with zero attached hydrogens (tertiary/aromatic N) is 2. The number of para-hydroxylation sites is 1. The Hall–Kier alpha value is -1.75. The number of hydrogen-bond acceptors (Lipinski definition) is 5. The van der Waals surface area contributed by atoms with Gasteiger partial charge in [0.1, 0.15) is 10.6 Å². The number of benzene rings is 1. The van der Waals surface area contributed by atoms with E-state index < -0.39 is 0 Å². The minimum atomic E-state index is -0.208. The number of carbonyl (C=O) groups is 1. The molecule has 0 saturated heterocycles. The molecule has 0 amide bonds. The zero-order chi connectivity index (χ0) is 14.0. The van der Waals surface area contributed by atoms with Gasteiger partial charge < -0.3 is 4.74 Å². The molecule has 0 atom stereocenters. The smallest absolute Gasteiger partial charge is 0.210 e. The second-order valence-corrected chi connectivity index (χ2v) is 5.98. The van der Waals surface area contributed by atoms with E-state index in [4.69, 9.17) is 4.74 Å². The highest BCUT2D eigenvalue weighted by atomic mass is 32.1. The monoisotopic (exact) mass is 276 g/mol. The summed E-state index contributed by atoms with van der Waals surface area (Å²) >= 11 is 1.13. The summed E-state index contributed by atoms with van der Waals surface area (Å²) in [7, 11) is 1.56. The van der Waals surface area contributed by atoms with Gasteiger partial charge in [-0.15, -0.1) is 5.10 Å². The van der Waals surface area contributed by atoms with Crippen molar-refractivity contribution in [2.24, 2.45) is 0 Å². The van der Waals surface area contributed by atoms with Gasteiger partial charge in [-0.05, 0) is 23.7 Å². The fraction of sp³-hybridized carbons (Fsp3) is 0.357. The van der Waals surface area contributed by atoms with Crippen molar-refractivity contribution in [3.8, 4) is 5.75 Å². The molecule has 5 heteroatoms. The van der Waals surface area contributed by atoms with E-state index in [1.165, 1.54) is 0 Å². The molecule has 100 valence electrons. The number of hydrogen-bond donors (Lipinski definition) is 0. The Morgan fingerprint density at radius 1 is 1.26 bits per heavy atom. The van der Waals surface area contributed by atoms with E-state index in [0.29, 0.717) is 16.2 Å². The van der Waals surface area contributed by atoms with Crippen LogP contribution in [0.2, 0.25) is 0 Å². The zero-order valence-electron chi connectivity index (χ0n) is 11.4. The molecular formula is C14H16N2O2S. The second kappa shape index (κ2) is 5.09.